The summed E-state index contributed by atoms with van der Waals surface area (Å²) in [5, 5.41) is 4.77. The lowest BCUT2D eigenvalue weighted by Gasteiger charge is -2.23. The lowest BCUT2D eigenvalue weighted by Crippen LogP contribution is -2.33. The molecule has 7 heteroatoms. The summed E-state index contributed by atoms with van der Waals surface area (Å²) in [4.78, 5) is 15.3. The molecule has 180 valence electrons. The number of hydrogen-bond acceptors (Lipinski definition) is 5. The van der Waals surface area contributed by atoms with E-state index in [0.29, 0.717) is 42.6 Å². The number of aromatic nitrogens is 2. The molecule has 0 bridgehead atoms. The number of carbonyl (C=O) groups excluding carboxylic acids is 1. The molecule has 1 aromatic heterocycles. The third kappa shape index (κ3) is 5.70. The second kappa shape index (κ2) is 11.4. The Morgan fingerprint density at radius 3 is 2.29 bits per heavy atom. The van der Waals surface area contributed by atoms with Gasteiger partial charge < -0.3 is 19.1 Å². The van der Waals surface area contributed by atoms with Gasteiger partial charge in [0.05, 0.1) is 25.8 Å². The number of hydrogen-bond donors (Lipinski definition) is 0. The highest BCUT2D eigenvalue weighted by atomic mass is 16.5. The second-order valence-corrected chi connectivity index (χ2v) is 7.99. The van der Waals surface area contributed by atoms with E-state index in [1.807, 2.05) is 79.8 Å². The fourth-order valence-electron chi connectivity index (χ4n) is 3.83. The maximum atomic E-state index is 13.6. The lowest BCUT2D eigenvalue weighted by molar-refractivity contribution is 0.0679. The summed E-state index contributed by atoms with van der Waals surface area (Å²) < 4.78 is 18.6. The van der Waals surface area contributed by atoms with E-state index < -0.39 is 0 Å². The maximum absolute atomic E-state index is 13.6. The Morgan fingerprint density at radius 1 is 0.914 bits per heavy atom. The first kappa shape index (κ1) is 24.0. The molecule has 0 unspecified atom stereocenters. The fourth-order valence-corrected chi connectivity index (χ4v) is 3.83. The van der Waals surface area contributed by atoms with Gasteiger partial charge in [-0.1, -0.05) is 54.6 Å². The van der Waals surface area contributed by atoms with E-state index in [-0.39, 0.29) is 5.91 Å². The SMILES string of the molecule is COCCN(Cc1c(-c2ccccc2)nn(C)c1Oc1ccccc1)C(=O)c1cccc(OC)c1. The fraction of sp³-hybridized carbons (Fsp3) is 0.214. The first-order chi connectivity index (χ1) is 17.1. The molecule has 0 saturated heterocycles. The predicted octanol–water partition coefficient (Wildman–Crippen LogP) is 5.18. The molecule has 0 spiro atoms. The van der Waals surface area contributed by atoms with Gasteiger partial charge in [0.2, 0.25) is 5.88 Å². The van der Waals surface area contributed by atoms with Crippen LogP contribution in [-0.2, 0) is 18.3 Å². The van der Waals surface area contributed by atoms with E-state index in [2.05, 4.69) is 0 Å². The molecule has 0 N–H and O–H groups in total. The van der Waals surface area contributed by atoms with Gasteiger partial charge >= 0.3 is 0 Å². The average Bonchev–Trinajstić information content (AvgIpc) is 3.21. The average molecular weight is 472 g/mol. The number of amides is 1. The van der Waals surface area contributed by atoms with Crippen molar-refractivity contribution in [1.29, 1.82) is 0 Å². The van der Waals surface area contributed by atoms with Gasteiger partial charge in [-0.3, -0.25) is 4.79 Å². The molecule has 1 heterocycles. The Kier molecular flexibility index (Phi) is 7.80. The standard InChI is InChI=1S/C28H29N3O4/c1-30-28(35-23-14-8-5-9-15-23)25(26(29-30)21-11-6-4-7-12-21)20-31(17-18-33-2)27(32)22-13-10-16-24(19-22)34-3/h4-16,19H,17-18,20H2,1-3H3. The molecule has 4 rings (SSSR count). The topological polar surface area (TPSA) is 65.8 Å². The summed E-state index contributed by atoms with van der Waals surface area (Å²) in [5.41, 5.74) is 3.06. The van der Waals surface area contributed by atoms with Gasteiger partial charge in [0.1, 0.15) is 17.2 Å². The Bertz CT molecular complexity index is 1260. The van der Waals surface area contributed by atoms with Gasteiger partial charge in [0, 0.05) is 31.8 Å². The molecule has 0 radical (unpaired) electrons. The van der Waals surface area contributed by atoms with Crippen LogP contribution in [0.15, 0.2) is 84.9 Å². The quantitative estimate of drug-likeness (QED) is 0.319. The number of aryl methyl sites for hydroxylation is 1. The van der Waals surface area contributed by atoms with Crippen molar-refractivity contribution in [3.63, 3.8) is 0 Å². The summed E-state index contributed by atoms with van der Waals surface area (Å²) in [6, 6.07) is 26.6. The largest absolute Gasteiger partial charge is 0.497 e. The van der Waals surface area contributed by atoms with Crippen LogP contribution in [0.1, 0.15) is 15.9 Å². The van der Waals surface area contributed by atoms with Crippen molar-refractivity contribution in [2.45, 2.75) is 6.54 Å². The number of nitrogens with zero attached hydrogens (tertiary/aromatic N) is 3. The van der Waals surface area contributed by atoms with Crippen LogP contribution < -0.4 is 9.47 Å². The minimum absolute atomic E-state index is 0.130. The molecular formula is C28H29N3O4. The summed E-state index contributed by atoms with van der Waals surface area (Å²) in [7, 11) is 5.05. The maximum Gasteiger partial charge on any atom is 0.254 e. The van der Waals surface area contributed by atoms with Gasteiger partial charge in [-0.2, -0.15) is 5.10 Å². The van der Waals surface area contributed by atoms with Gasteiger partial charge in [-0.05, 0) is 30.3 Å². The molecule has 0 atom stereocenters. The normalized spacial score (nSPS) is 10.7. The van der Waals surface area contributed by atoms with Crippen LogP contribution in [-0.4, -0.2) is 48.0 Å². The van der Waals surface area contributed by atoms with E-state index in [1.165, 1.54) is 0 Å². The third-order valence-electron chi connectivity index (χ3n) is 5.61. The van der Waals surface area contributed by atoms with E-state index in [4.69, 9.17) is 19.3 Å². The molecule has 0 aliphatic heterocycles. The van der Waals surface area contributed by atoms with Gasteiger partial charge in [-0.15, -0.1) is 0 Å². The Labute approximate surface area is 205 Å². The van der Waals surface area contributed by atoms with Crippen LogP contribution in [0.2, 0.25) is 0 Å². The second-order valence-electron chi connectivity index (χ2n) is 7.99. The molecule has 3 aromatic carbocycles. The molecule has 35 heavy (non-hydrogen) atoms. The van der Waals surface area contributed by atoms with Crippen molar-refractivity contribution >= 4 is 5.91 Å². The van der Waals surface area contributed by atoms with Crippen LogP contribution in [0.5, 0.6) is 17.4 Å². The smallest absolute Gasteiger partial charge is 0.254 e. The first-order valence-electron chi connectivity index (χ1n) is 11.4. The van der Waals surface area contributed by atoms with Crippen LogP contribution in [0.25, 0.3) is 11.3 Å². The van der Waals surface area contributed by atoms with Crippen LogP contribution >= 0.6 is 0 Å². The highest BCUT2D eigenvalue weighted by Gasteiger charge is 2.25. The number of methoxy groups -OCH3 is 2. The number of ether oxygens (including phenoxy) is 3. The molecule has 4 aromatic rings. The Morgan fingerprint density at radius 2 is 1.60 bits per heavy atom. The number of rotatable bonds is 10. The molecule has 7 nitrogen and oxygen atoms in total. The molecule has 0 aliphatic rings. The van der Waals surface area contributed by atoms with Crippen molar-refractivity contribution in [3.8, 4) is 28.6 Å². The Hall–Kier alpha value is -4.10. The summed E-state index contributed by atoms with van der Waals surface area (Å²) in [6.45, 7) is 1.09. The van der Waals surface area contributed by atoms with Crippen molar-refractivity contribution in [2.24, 2.45) is 7.05 Å². The van der Waals surface area contributed by atoms with Crippen LogP contribution in [0.4, 0.5) is 0 Å². The molecule has 0 aliphatic carbocycles. The molecule has 0 saturated carbocycles. The predicted molar refractivity (Wildman–Crippen MR) is 135 cm³/mol. The summed E-state index contributed by atoms with van der Waals surface area (Å²) >= 11 is 0. The first-order valence-corrected chi connectivity index (χ1v) is 11.4. The number of carbonyl (C=O) groups is 1. The Balaban J connectivity index is 1.76. The number of para-hydroxylation sites is 1. The van der Waals surface area contributed by atoms with E-state index in [9.17, 15) is 4.79 Å². The highest BCUT2D eigenvalue weighted by molar-refractivity contribution is 5.94. The number of benzene rings is 3. The zero-order valence-corrected chi connectivity index (χ0v) is 20.2. The van der Waals surface area contributed by atoms with E-state index in [1.54, 1.807) is 35.9 Å². The van der Waals surface area contributed by atoms with Crippen LogP contribution in [0, 0.1) is 0 Å². The lowest BCUT2D eigenvalue weighted by atomic mass is 10.1. The monoisotopic (exact) mass is 471 g/mol. The van der Waals surface area contributed by atoms with Crippen molar-refractivity contribution in [3.05, 3.63) is 96.1 Å². The van der Waals surface area contributed by atoms with Crippen LogP contribution in [0.3, 0.4) is 0 Å². The van der Waals surface area contributed by atoms with Crippen molar-refractivity contribution in [1.82, 2.24) is 14.7 Å². The van der Waals surface area contributed by atoms with E-state index >= 15 is 0 Å². The van der Waals surface area contributed by atoms with Crippen molar-refractivity contribution in [2.75, 3.05) is 27.4 Å². The summed E-state index contributed by atoms with van der Waals surface area (Å²) in [5.74, 6) is 1.77. The minimum Gasteiger partial charge on any atom is -0.497 e. The zero-order chi connectivity index (χ0) is 24.6. The minimum atomic E-state index is -0.130. The molecule has 1 amide bonds. The third-order valence-corrected chi connectivity index (χ3v) is 5.61. The zero-order valence-electron chi connectivity index (χ0n) is 20.2. The molecular weight excluding hydrogens is 442 g/mol. The van der Waals surface area contributed by atoms with Gasteiger partial charge in [0.25, 0.3) is 5.91 Å². The van der Waals surface area contributed by atoms with E-state index in [0.717, 1.165) is 16.8 Å². The molecule has 0 fully saturated rings. The highest BCUT2D eigenvalue weighted by Crippen LogP contribution is 2.34. The van der Waals surface area contributed by atoms with Gasteiger partial charge in [-0.25, -0.2) is 4.68 Å². The van der Waals surface area contributed by atoms with Crippen molar-refractivity contribution < 1.29 is 19.0 Å². The summed E-state index contributed by atoms with van der Waals surface area (Å²) in [6.07, 6.45) is 0. The van der Waals surface area contributed by atoms with Gasteiger partial charge in [0.15, 0.2) is 0 Å².